The Labute approximate surface area is 124 Å². The number of rotatable bonds is 10. The molecule has 0 spiro atoms. The molecule has 0 unspecified atom stereocenters. The quantitative estimate of drug-likeness (QED) is 0.458. The van der Waals surface area contributed by atoms with Crippen LogP contribution in [0.1, 0.15) is 41.5 Å². The third-order valence-electron chi connectivity index (χ3n) is 1.91. The van der Waals surface area contributed by atoms with Gasteiger partial charge in [-0.25, -0.2) is 0 Å². The Bertz CT molecular complexity index is 176. The van der Waals surface area contributed by atoms with Gasteiger partial charge in [-0.2, -0.15) is 0 Å². The Hall–Kier alpha value is 0.554. The first kappa shape index (κ1) is 18.6. The maximum atomic E-state index is 5.67. The summed E-state index contributed by atoms with van der Waals surface area (Å²) in [4.78, 5) is 0. The van der Waals surface area contributed by atoms with Crippen molar-refractivity contribution in [2.24, 2.45) is 17.8 Å². The van der Waals surface area contributed by atoms with E-state index in [1.165, 1.54) is 0 Å². The van der Waals surface area contributed by atoms with Crippen molar-refractivity contribution in [3.05, 3.63) is 0 Å². The first-order valence-corrected chi connectivity index (χ1v) is 7.21. The second-order valence-corrected chi connectivity index (χ2v) is 6.04. The van der Waals surface area contributed by atoms with Crippen LogP contribution in [0.5, 0.6) is 0 Å². The fourth-order valence-electron chi connectivity index (χ4n) is 1.02. The SMILES string of the molecule is CC(C)COC([O][Ti])(OCC(C)C)OCC(C)C. The summed E-state index contributed by atoms with van der Waals surface area (Å²) in [5, 5.41) is 0. The van der Waals surface area contributed by atoms with Gasteiger partial charge in [0, 0.05) is 0 Å². The van der Waals surface area contributed by atoms with Crippen molar-refractivity contribution >= 4 is 0 Å². The molecule has 0 aromatic heterocycles. The molecule has 0 amide bonds. The average Bonchev–Trinajstić information content (AvgIpc) is 2.28. The third-order valence-corrected chi connectivity index (χ3v) is 2.30. The van der Waals surface area contributed by atoms with Crippen LogP contribution in [-0.2, 0) is 38.4 Å². The van der Waals surface area contributed by atoms with Crippen LogP contribution < -0.4 is 0 Å². The van der Waals surface area contributed by atoms with Crippen molar-refractivity contribution in [2.45, 2.75) is 47.7 Å². The van der Waals surface area contributed by atoms with Gasteiger partial charge in [0.05, 0.1) is 0 Å². The summed E-state index contributed by atoms with van der Waals surface area (Å²) in [6.45, 7) is 14.0. The Morgan fingerprint density at radius 3 is 1.17 bits per heavy atom. The van der Waals surface area contributed by atoms with E-state index in [0.29, 0.717) is 37.6 Å². The van der Waals surface area contributed by atoms with Crippen molar-refractivity contribution in [2.75, 3.05) is 19.8 Å². The van der Waals surface area contributed by atoms with E-state index >= 15 is 0 Å². The standard InChI is InChI=1S/C13H27O4.Ti/c1-10(2)7-15-13(14,16-8-11(3)4)17-9-12(5)6;/h10-12H,7-9H2,1-6H3;/q-1;+1. The molecule has 0 aromatic carbocycles. The zero-order valence-electron chi connectivity index (χ0n) is 12.5. The molecule has 5 heteroatoms. The van der Waals surface area contributed by atoms with E-state index in [0.717, 1.165) is 0 Å². The minimum atomic E-state index is -1.36. The molecule has 18 heavy (non-hydrogen) atoms. The number of ether oxygens (including phenoxy) is 3. The fraction of sp³-hybridized carbons (Fsp3) is 1.00. The molecule has 0 fully saturated rings. The van der Waals surface area contributed by atoms with Crippen LogP contribution in [0.3, 0.4) is 0 Å². The fourth-order valence-corrected chi connectivity index (χ4v) is 1.30. The monoisotopic (exact) mass is 295 g/mol. The molecule has 0 saturated heterocycles. The molecule has 0 aliphatic heterocycles. The number of hydrogen-bond donors (Lipinski definition) is 0. The molecule has 107 valence electrons. The molecule has 0 aliphatic rings. The van der Waals surface area contributed by atoms with Crippen molar-refractivity contribution in [3.63, 3.8) is 0 Å². The van der Waals surface area contributed by atoms with Gasteiger partial charge in [-0.1, -0.05) is 0 Å². The van der Waals surface area contributed by atoms with Crippen LogP contribution in [0, 0.1) is 17.8 Å². The molecule has 0 bridgehead atoms. The summed E-state index contributed by atoms with van der Waals surface area (Å²) in [6, 6.07) is 0. The molecule has 0 heterocycles. The van der Waals surface area contributed by atoms with E-state index in [9.17, 15) is 0 Å². The van der Waals surface area contributed by atoms with E-state index in [1.54, 1.807) is 20.8 Å². The van der Waals surface area contributed by atoms with Crippen molar-refractivity contribution in [3.8, 4) is 0 Å². The predicted octanol–water partition coefficient (Wildman–Crippen LogP) is 3.09. The molecule has 0 radical (unpaired) electrons. The van der Waals surface area contributed by atoms with E-state index in [4.69, 9.17) is 17.5 Å². The van der Waals surface area contributed by atoms with Crippen LogP contribution in [0.4, 0.5) is 0 Å². The van der Waals surface area contributed by atoms with Crippen LogP contribution in [0.25, 0.3) is 0 Å². The van der Waals surface area contributed by atoms with E-state index in [1.807, 2.05) is 0 Å². The molecular weight excluding hydrogens is 268 g/mol. The Morgan fingerprint density at radius 1 is 0.722 bits per heavy atom. The van der Waals surface area contributed by atoms with Gasteiger partial charge in [0.15, 0.2) is 0 Å². The first-order chi connectivity index (χ1) is 8.31. The molecule has 0 aliphatic carbocycles. The zero-order valence-corrected chi connectivity index (χ0v) is 14.0. The summed E-state index contributed by atoms with van der Waals surface area (Å²) in [6.07, 6.45) is -1.36. The van der Waals surface area contributed by atoms with Gasteiger partial charge >= 0.3 is 124 Å². The second-order valence-electron chi connectivity index (χ2n) is 5.72. The summed E-state index contributed by atoms with van der Waals surface area (Å²) < 4.78 is 22.3. The van der Waals surface area contributed by atoms with E-state index in [-0.39, 0.29) is 0 Å². The number of hydrogen-bond acceptors (Lipinski definition) is 4. The van der Waals surface area contributed by atoms with Crippen LogP contribution >= 0.6 is 0 Å². The average molecular weight is 295 g/mol. The summed E-state index contributed by atoms with van der Waals surface area (Å²) in [7, 11) is 0. The van der Waals surface area contributed by atoms with E-state index in [2.05, 4.69) is 41.5 Å². The Balaban J connectivity index is 4.49. The van der Waals surface area contributed by atoms with Crippen LogP contribution in [-0.4, -0.2) is 26.0 Å². The maximum absolute atomic E-state index is 5.67. The van der Waals surface area contributed by atoms with Gasteiger partial charge in [0.25, 0.3) is 0 Å². The van der Waals surface area contributed by atoms with Crippen LogP contribution in [0.2, 0.25) is 0 Å². The molecule has 0 atom stereocenters. The summed E-state index contributed by atoms with van der Waals surface area (Å²) >= 11 is 1.54. The molecule has 0 N–H and O–H groups in total. The van der Waals surface area contributed by atoms with Crippen molar-refractivity contribution < 1.29 is 38.4 Å². The van der Waals surface area contributed by atoms with Gasteiger partial charge in [-0.15, -0.1) is 0 Å². The predicted molar refractivity (Wildman–Crippen MR) is 66.2 cm³/mol. The van der Waals surface area contributed by atoms with Gasteiger partial charge < -0.3 is 0 Å². The molecular formula is C13H27O4Ti. The zero-order chi connectivity index (χ0) is 14.2. The third kappa shape index (κ3) is 8.62. The summed E-state index contributed by atoms with van der Waals surface area (Å²) in [5.74, 6) is 1.18. The van der Waals surface area contributed by atoms with E-state index < -0.39 is 6.16 Å². The van der Waals surface area contributed by atoms with Gasteiger partial charge in [0.1, 0.15) is 0 Å². The minimum absolute atomic E-state index is 0.393. The van der Waals surface area contributed by atoms with Crippen LogP contribution in [0.15, 0.2) is 0 Å². The molecule has 4 nitrogen and oxygen atoms in total. The van der Waals surface area contributed by atoms with Gasteiger partial charge in [-0.05, 0) is 0 Å². The topological polar surface area (TPSA) is 36.9 Å². The van der Waals surface area contributed by atoms with Gasteiger partial charge in [0.2, 0.25) is 0 Å². The summed E-state index contributed by atoms with van der Waals surface area (Å²) in [5.41, 5.74) is 0. The molecule has 0 saturated carbocycles. The second kappa shape index (κ2) is 9.46. The molecule has 0 aromatic rings. The Kier molecular flexibility index (Phi) is 9.75. The van der Waals surface area contributed by atoms with Crippen molar-refractivity contribution in [1.82, 2.24) is 0 Å². The van der Waals surface area contributed by atoms with Gasteiger partial charge in [-0.3, -0.25) is 0 Å². The Morgan fingerprint density at radius 2 is 1.00 bits per heavy atom. The first-order valence-electron chi connectivity index (χ1n) is 6.58. The molecule has 0 rings (SSSR count). The van der Waals surface area contributed by atoms with Crippen molar-refractivity contribution in [1.29, 1.82) is 0 Å². The normalized spacial score (nSPS) is 12.9.